The van der Waals surface area contributed by atoms with Crippen LogP contribution >= 0.6 is 0 Å². The molecule has 0 spiro atoms. The Morgan fingerprint density at radius 1 is 1.25 bits per heavy atom. The van der Waals surface area contributed by atoms with Gasteiger partial charge in [-0.1, -0.05) is 0 Å². The summed E-state index contributed by atoms with van der Waals surface area (Å²) in [7, 11) is 0. The Bertz CT molecular complexity index is 735. The maximum absolute atomic E-state index is 5.91. The molecule has 3 fully saturated rings. The molecule has 4 heterocycles. The number of hydrogen-bond donors (Lipinski definition) is 0. The number of hydrogen-bond acceptors (Lipinski definition) is 6. The van der Waals surface area contributed by atoms with Crippen LogP contribution in [0.25, 0.3) is 0 Å². The lowest BCUT2D eigenvalue weighted by Gasteiger charge is -2.25. The molecule has 0 unspecified atom stereocenters. The molecule has 5 rings (SSSR count). The van der Waals surface area contributed by atoms with Crippen molar-refractivity contribution in [3.05, 3.63) is 35.4 Å². The molecule has 2 aromatic rings. The largest absolute Gasteiger partial charge is 0.465 e. The van der Waals surface area contributed by atoms with Crippen molar-refractivity contribution < 1.29 is 13.6 Å². The van der Waals surface area contributed by atoms with E-state index in [1.54, 1.807) is 0 Å². The molecular weight excluding hydrogens is 306 g/mol. The molecule has 1 aliphatic carbocycles. The van der Waals surface area contributed by atoms with Crippen LogP contribution in [0.5, 0.6) is 0 Å². The minimum Gasteiger partial charge on any atom is -0.465 e. The summed E-state index contributed by atoms with van der Waals surface area (Å²) in [5, 5.41) is 8.53. The zero-order chi connectivity index (χ0) is 16.1. The second-order valence-corrected chi connectivity index (χ2v) is 7.74. The predicted octanol–water partition coefficient (Wildman–Crippen LogP) is 2.54. The topological polar surface area (TPSA) is 64.5 Å². The molecule has 128 valence electrons. The highest BCUT2D eigenvalue weighted by Crippen LogP contribution is 2.45. The highest BCUT2D eigenvalue weighted by molar-refractivity contribution is 5.09. The van der Waals surface area contributed by atoms with E-state index in [1.165, 1.54) is 12.8 Å². The van der Waals surface area contributed by atoms with Gasteiger partial charge in [0, 0.05) is 36.8 Å². The zero-order valence-corrected chi connectivity index (χ0v) is 14.0. The van der Waals surface area contributed by atoms with E-state index in [9.17, 15) is 0 Å². The molecule has 2 atom stereocenters. The summed E-state index contributed by atoms with van der Waals surface area (Å²) in [6.45, 7) is 6.51. The van der Waals surface area contributed by atoms with Gasteiger partial charge in [0.2, 0.25) is 11.8 Å². The van der Waals surface area contributed by atoms with Gasteiger partial charge < -0.3 is 13.6 Å². The molecule has 0 aromatic carbocycles. The van der Waals surface area contributed by atoms with Crippen LogP contribution in [0.3, 0.4) is 0 Å². The minimum absolute atomic E-state index is 0.106. The quantitative estimate of drug-likeness (QED) is 0.840. The van der Waals surface area contributed by atoms with Crippen LogP contribution in [0.15, 0.2) is 21.0 Å². The van der Waals surface area contributed by atoms with Gasteiger partial charge >= 0.3 is 0 Å². The Morgan fingerprint density at radius 3 is 2.96 bits per heavy atom. The normalized spacial score (nSPS) is 30.1. The average molecular weight is 329 g/mol. The molecule has 24 heavy (non-hydrogen) atoms. The molecule has 2 saturated heterocycles. The van der Waals surface area contributed by atoms with Crippen molar-refractivity contribution in [2.24, 2.45) is 11.3 Å². The Labute approximate surface area is 141 Å². The number of aryl methyl sites for hydroxylation is 1. The fourth-order valence-corrected chi connectivity index (χ4v) is 4.24. The average Bonchev–Trinajstić information content (AvgIpc) is 2.85. The van der Waals surface area contributed by atoms with Gasteiger partial charge in [-0.25, -0.2) is 0 Å². The van der Waals surface area contributed by atoms with Crippen molar-refractivity contribution in [2.45, 2.75) is 38.6 Å². The van der Waals surface area contributed by atoms with Crippen molar-refractivity contribution in [1.82, 2.24) is 15.1 Å². The van der Waals surface area contributed by atoms with E-state index in [4.69, 9.17) is 13.6 Å². The van der Waals surface area contributed by atoms with Gasteiger partial charge in [0.15, 0.2) is 0 Å². The molecule has 1 saturated carbocycles. The standard InChI is InChI=1S/C18H23N3O3/c1-12-2-5-15(23-12)8-21-7-14-9-22-11-18(14,10-21)6-16-19-20-17(24-16)13-3-4-13/h2,5,13-14H,3-4,6-11H2,1H3/t14-,18-/m1/s1. The lowest BCUT2D eigenvalue weighted by molar-refractivity contribution is 0.120. The Balaban J connectivity index is 1.31. The van der Waals surface area contributed by atoms with Gasteiger partial charge in [-0.05, 0) is 31.9 Å². The van der Waals surface area contributed by atoms with E-state index in [-0.39, 0.29) is 5.41 Å². The third-order valence-electron chi connectivity index (χ3n) is 5.68. The molecule has 0 bridgehead atoms. The summed E-state index contributed by atoms with van der Waals surface area (Å²) < 4.78 is 17.5. The zero-order valence-electron chi connectivity index (χ0n) is 14.0. The highest BCUT2D eigenvalue weighted by atomic mass is 16.5. The third-order valence-corrected chi connectivity index (χ3v) is 5.68. The van der Waals surface area contributed by atoms with Gasteiger partial charge in [0.25, 0.3) is 0 Å². The second kappa shape index (κ2) is 5.43. The molecule has 0 radical (unpaired) electrons. The van der Waals surface area contributed by atoms with Crippen molar-refractivity contribution in [3.8, 4) is 0 Å². The first-order chi connectivity index (χ1) is 11.7. The molecule has 6 nitrogen and oxygen atoms in total. The summed E-state index contributed by atoms with van der Waals surface area (Å²) in [6.07, 6.45) is 3.20. The number of rotatable bonds is 5. The van der Waals surface area contributed by atoms with E-state index in [0.717, 1.165) is 62.6 Å². The second-order valence-electron chi connectivity index (χ2n) is 7.74. The third kappa shape index (κ3) is 2.58. The molecular formula is C18H23N3O3. The first-order valence-corrected chi connectivity index (χ1v) is 8.88. The van der Waals surface area contributed by atoms with Crippen LogP contribution in [0.2, 0.25) is 0 Å². The first kappa shape index (κ1) is 14.7. The highest BCUT2D eigenvalue weighted by Gasteiger charge is 2.51. The van der Waals surface area contributed by atoms with Gasteiger partial charge in [-0.3, -0.25) is 4.90 Å². The van der Waals surface area contributed by atoms with Gasteiger partial charge in [-0.15, -0.1) is 10.2 Å². The van der Waals surface area contributed by atoms with E-state index in [2.05, 4.69) is 21.2 Å². The minimum atomic E-state index is 0.106. The molecule has 0 amide bonds. The predicted molar refractivity (Wildman–Crippen MR) is 85.4 cm³/mol. The van der Waals surface area contributed by atoms with Crippen molar-refractivity contribution in [1.29, 1.82) is 0 Å². The SMILES string of the molecule is Cc1ccc(CN2C[C@@H]3COC[C@@]3(Cc3nnc(C4CC4)o3)C2)o1. The lowest BCUT2D eigenvalue weighted by atomic mass is 9.78. The van der Waals surface area contributed by atoms with E-state index >= 15 is 0 Å². The molecule has 3 aliphatic rings. The summed E-state index contributed by atoms with van der Waals surface area (Å²) in [4.78, 5) is 2.48. The smallest absolute Gasteiger partial charge is 0.219 e. The van der Waals surface area contributed by atoms with Gasteiger partial charge in [0.05, 0.1) is 19.8 Å². The summed E-state index contributed by atoms with van der Waals surface area (Å²) in [6, 6.07) is 4.11. The number of furan rings is 1. The van der Waals surface area contributed by atoms with Crippen molar-refractivity contribution in [3.63, 3.8) is 0 Å². The van der Waals surface area contributed by atoms with Crippen LogP contribution in [0.1, 0.15) is 42.1 Å². The number of fused-ring (bicyclic) bond motifs is 1. The maximum atomic E-state index is 5.91. The first-order valence-electron chi connectivity index (χ1n) is 8.88. The number of nitrogens with zero attached hydrogens (tertiary/aromatic N) is 3. The lowest BCUT2D eigenvalue weighted by Crippen LogP contribution is -2.33. The van der Waals surface area contributed by atoms with Crippen LogP contribution in [0.4, 0.5) is 0 Å². The summed E-state index contributed by atoms with van der Waals surface area (Å²) in [5.41, 5.74) is 0.106. The van der Waals surface area contributed by atoms with Crippen LogP contribution < -0.4 is 0 Å². The molecule has 2 aromatic heterocycles. The molecule has 6 heteroatoms. The van der Waals surface area contributed by atoms with Gasteiger partial charge in [-0.2, -0.15) is 0 Å². The van der Waals surface area contributed by atoms with E-state index < -0.39 is 0 Å². The fraction of sp³-hybridized carbons (Fsp3) is 0.667. The van der Waals surface area contributed by atoms with Crippen molar-refractivity contribution in [2.75, 3.05) is 26.3 Å². The van der Waals surface area contributed by atoms with Crippen LogP contribution in [0, 0.1) is 18.3 Å². The Kier molecular flexibility index (Phi) is 3.31. The Hall–Kier alpha value is -1.66. The Morgan fingerprint density at radius 2 is 2.17 bits per heavy atom. The monoisotopic (exact) mass is 329 g/mol. The van der Waals surface area contributed by atoms with Crippen LogP contribution in [-0.2, 0) is 17.7 Å². The van der Waals surface area contributed by atoms with E-state index in [0.29, 0.717) is 11.8 Å². The molecule has 0 N–H and O–H groups in total. The number of aromatic nitrogens is 2. The van der Waals surface area contributed by atoms with Crippen LogP contribution in [-0.4, -0.2) is 41.4 Å². The summed E-state index contributed by atoms with van der Waals surface area (Å²) >= 11 is 0. The molecule has 2 aliphatic heterocycles. The number of ether oxygens (including phenoxy) is 1. The maximum Gasteiger partial charge on any atom is 0.219 e. The van der Waals surface area contributed by atoms with Gasteiger partial charge in [0.1, 0.15) is 11.5 Å². The summed E-state index contributed by atoms with van der Waals surface area (Å²) in [5.74, 6) is 4.67. The van der Waals surface area contributed by atoms with E-state index in [1.807, 2.05) is 13.0 Å². The fourth-order valence-electron chi connectivity index (χ4n) is 4.24. The van der Waals surface area contributed by atoms with Crippen molar-refractivity contribution >= 4 is 0 Å². The number of likely N-dealkylation sites (tertiary alicyclic amines) is 1.